The van der Waals surface area contributed by atoms with Gasteiger partial charge in [0.2, 0.25) is 0 Å². The third-order valence-electron chi connectivity index (χ3n) is 3.31. The molecule has 1 aromatic rings. The molecule has 100 valence electrons. The lowest BCUT2D eigenvalue weighted by Gasteiger charge is -2.35. The molecule has 18 heavy (non-hydrogen) atoms. The van der Waals surface area contributed by atoms with Gasteiger partial charge in [-0.3, -0.25) is 0 Å². The summed E-state index contributed by atoms with van der Waals surface area (Å²) in [6.45, 7) is 4.92. The second-order valence-electron chi connectivity index (χ2n) is 4.57. The van der Waals surface area contributed by atoms with E-state index in [9.17, 15) is 0 Å². The van der Waals surface area contributed by atoms with E-state index in [4.69, 9.17) is 16.3 Å². The van der Waals surface area contributed by atoms with E-state index in [0.717, 1.165) is 30.6 Å². The zero-order chi connectivity index (χ0) is 13.0. The summed E-state index contributed by atoms with van der Waals surface area (Å²) in [5, 5.41) is 0. The van der Waals surface area contributed by atoms with Crippen molar-refractivity contribution in [3.63, 3.8) is 0 Å². The van der Waals surface area contributed by atoms with Crippen molar-refractivity contribution >= 4 is 33.2 Å². The Morgan fingerprint density at radius 1 is 1.50 bits per heavy atom. The molecular weight excluding hydrogens is 314 g/mol. The average Bonchev–Trinajstić information content (AvgIpc) is 2.39. The predicted molar refractivity (Wildman–Crippen MR) is 80.6 cm³/mol. The Hall–Kier alpha value is -0.250. The molecule has 0 saturated carbocycles. The first kappa shape index (κ1) is 14.2. The van der Waals surface area contributed by atoms with Crippen molar-refractivity contribution < 1.29 is 4.74 Å². The highest BCUT2D eigenvalue weighted by atomic mass is 79.9. The van der Waals surface area contributed by atoms with Crippen LogP contribution in [0.1, 0.15) is 25.3 Å². The number of halogens is 2. The Bertz CT molecular complexity index is 397. The summed E-state index contributed by atoms with van der Waals surface area (Å²) in [4.78, 5) is 2.40. The molecule has 1 aliphatic rings. The van der Waals surface area contributed by atoms with E-state index in [-0.39, 0.29) is 0 Å². The molecule has 1 atom stereocenters. The van der Waals surface area contributed by atoms with E-state index in [1.807, 2.05) is 0 Å². The smallest absolute Gasteiger partial charge is 0.0750 e. The van der Waals surface area contributed by atoms with E-state index in [0.29, 0.717) is 12.0 Å². The van der Waals surface area contributed by atoms with Gasteiger partial charge in [0.1, 0.15) is 0 Å². The van der Waals surface area contributed by atoms with Gasteiger partial charge in [0.15, 0.2) is 0 Å². The fourth-order valence-electron chi connectivity index (χ4n) is 2.50. The van der Waals surface area contributed by atoms with Crippen LogP contribution in [-0.2, 0) is 10.6 Å². The lowest BCUT2D eigenvalue weighted by Crippen LogP contribution is -2.40. The molecule has 1 saturated heterocycles. The number of anilines is 1. The summed E-state index contributed by atoms with van der Waals surface area (Å²) in [6.07, 6.45) is 2.70. The normalized spacial score (nSPS) is 20.2. The minimum absolute atomic E-state index is 0.357. The zero-order valence-corrected chi connectivity index (χ0v) is 13.0. The summed E-state index contributed by atoms with van der Waals surface area (Å²) in [5.74, 6) is 0.546. The van der Waals surface area contributed by atoms with E-state index in [1.54, 1.807) is 0 Å². The van der Waals surface area contributed by atoms with Gasteiger partial charge in [-0.05, 0) is 43.5 Å². The SMILES string of the molecule is CCOC1CCCN(c2ccc(Br)cc2CCl)C1. The second kappa shape index (κ2) is 6.78. The van der Waals surface area contributed by atoms with E-state index >= 15 is 0 Å². The van der Waals surface area contributed by atoms with Crippen molar-refractivity contribution in [1.29, 1.82) is 0 Å². The second-order valence-corrected chi connectivity index (χ2v) is 5.76. The minimum Gasteiger partial charge on any atom is -0.377 e. The molecule has 0 aliphatic carbocycles. The van der Waals surface area contributed by atoms with Crippen LogP contribution in [0, 0.1) is 0 Å². The number of rotatable bonds is 4. The van der Waals surface area contributed by atoms with Crippen LogP contribution in [0.25, 0.3) is 0 Å². The molecule has 0 spiro atoms. The van der Waals surface area contributed by atoms with Gasteiger partial charge in [-0.2, -0.15) is 0 Å². The maximum Gasteiger partial charge on any atom is 0.0750 e. The molecule has 0 N–H and O–H groups in total. The van der Waals surface area contributed by atoms with Crippen LogP contribution in [0.4, 0.5) is 5.69 Å². The highest BCUT2D eigenvalue weighted by Gasteiger charge is 2.21. The largest absolute Gasteiger partial charge is 0.377 e. The lowest BCUT2D eigenvalue weighted by molar-refractivity contribution is 0.0526. The Labute approximate surface area is 122 Å². The summed E-state index contributed by atoms with van der Waals surface area (Å²) in [5.41, 5.74) is 2.43. The van der Waals surface area contributed by atoms with Gasteiger partial charge in [0.05, 0.1) is 6.10 Å². The first-order valence-corrected chi connectivity index (χ1v) is 7.78. The third-order valence-corrected chi connectivity index (χ3v) is 4.09. The molecule has 1 aromatic carbocycles. The van der Waals surface area contributed by atoms with Crippen molar-refractivity contribution in [3.05, 3.63) is 28.2 Å². The molecule has 2 nitrogen and oxygen atoms in total. The van der Waals surface area contributed by atoms with Crippen LogP contribution >= 0.6 is 27.5 Å². The fourth-order valence-corrected chi connectivity index (χ4v) is 3.12. The van der Waals surface area contributed by atoms with Gasteiger partial charge in [-0.15, -0.1) is 11.6 Å². The zero-order valence-electron chi connectivity index (χ0n) is 10.7. The molecular formula is C14H19BrClNO. The average molecular weight is 333 g/mol. The van der Waals surface area contributed by atoms with Gasteiger partial charge >= 0.3 is 0 Å². The van der Waals surface area contributed by atoms with Crippen LogP contribution in [0.15, 0.2) is 22.7 Å². The molecule has 4 heteroatoms. The van der Waals surface area contributed by atoms with Gasteiger partial charge < -0.3 is 9.64 Å². The van der Waals surface area contributed by atoms with Crippen molar-refractivity contribution in [1.82, 2.24) is 0 Å². The first-order valence-electron chi connectivity index (χ1n) is 6.45. The Balaban J connectivity index is 2.15. The summed E-state index contributed by atoms with van der Waals surface area (Å²) >= 11 is 9.54. The summed E-state index contributed by atoms with van der Waals surface area (Å²) < 4.78 is 6.83. The number of nitrogens with zero attached hydrogens (tertiary/aromatic N) is 1. The van der Waals surface area contributed by atoms with E-state index in [2.05, 4.69) is 46.0 Å². The number of hydrogen-bond acceptors (Lipinski definition) is 2. The molecule has 1 unspecified atom stereocenters. The maximum atomic E-state index is 6.04. The molecule has 1 fully saturated rings. The Kier molecular flexibility index (Phi) is 5.34. The maximum absolute atomic E-state index is 6.04. The van der Waals surface area contributed by atoms with Crippen LogP contribution in [-0.4, -0.2) is 25.8 Å². The van der Waals surface area contributed by atoms with Crippen molar-refractivity contribution in [2.24, 2.45) is 0 Å². The van der Waals surface area contributed by atoms with Crippen LogP contribution < -0.4 is 4.90 Å². The summed E-state index contributed by atoms with van der Waals surface area (Å²) in [7, 11) is 0. The van der Waals surface area contributed by atoms with E-state index in [1.165, 1.54) is 17.7 Å². The Morgan fingerprint density at radius 2 is 2.33 bits per heavy atom. The third kappa shape index (κ3) is 3.40. The van der Waals surface area contributed by atoms with Crippen molar-refractivity contribution in [3.8, 4) is 0 Å². The van der Waals surface area contributed by atoms with Crippen LogP contribution in [0.2, 0.25) is 0 Å². The molecule has 0 radical (unpaired) electrons. The van der Waals surface area contributed by atoms with E-state index < -0.39 is 0 Å². The molecule has 1 heterocycles. The quantitative estimate of drug-likeness (QED) is 0.766. The van der Waals surface area contributed by atoms with Gasteiger partial charge in [-0.1, -0.05) is 15.9 Å². The molecule has 0 amide bonds. The lowest BCUT2D eigenvalue weighted by atomic mass is 10.1. The summed E-state index contributed by atoms with van der Waals surface area (Å²) in [6, 6.07) is 6.33. The molecule has 0 bridgehead atoms. The van der Waals surface area contributed by atoms with Gasteiger partial charge in [0, 0.05) is 35.7 Å². The highest BCUT2D eigenvalue weighted by Crippen LogP contribution is 2.28. The topological polar surface area (TPSA) is 12.5 Å². The number of ether oxygens (including phenoxy) is 1. The highest BCUT2D eigenvalue weighted by molar-refractivity contribution is 9.10. The van der Waals surface area contributed by atoms with Gasteiger partial charge in [0.25, 0.3) is 0 Å². The molecule has 0 aromatic heterocycles. The minimum atomic E-state index is 0.357. The number of piperidine rings is 1. The first-order chi connectivity index (χ1) is 8.74. The van der Waals surface area contributed by atoms with Crippen LogP contribution in [0.5, 0.6) is 0 Å². The monoisotopic (exact) mass is 331 g/mol. The predicted octanol–water partition coefficient (Wildman–Crippen LogP) is 4.19. The number of benzene rings is 1. The number of alkyl halides is 1. The molecule has 2 rings (SSSR count). The fraction of sp³-hybridized carbons (Fsp3) is 0.571. The van der Waals surface area contributed by atoms with Crippen LogP contribution in [0.3, 0.4) is 0 Å². The van der Waals surface area contributed by atoms with Crippen molar-refractivity contribution in [2.45, 2.75) is 31.7 Å². The molecule has 1 aliphatic heterocycles. The van der Waals surface area contributed by atoms with Gasteiger partial charge in [-0.25, -0.2) is 0 Å². The van der Waals surface area contributed by atoms with Crippen molar-refractivity contribution in [2.75, 3.05) is 24.6 Å². The number of hydrogen-bond donors (Lipinski definition) is 0. The standard InChI is InChI=1S/C14H19BrClNO/c1-2-18-13-4-3-7-17(10-13)14-6-5-12(15)8-11(14)9-16/h5-6,8,13H,2-4,7,9-10H2,1H3. The Morgan fingerprint density at radius 3 is 3.06 bits per heavy atom.